The van der Waals surface area contributed by atoms with E-state index in [0.29, 0.717) is 47.5 Å². The summed E-state index contributed by atoms with van der Waals surface area (Å²) in [5, 5.41) is 3.50. The maximum Gasteiger partial charge on any atom is 0.256 e. The highest BCUT2D eigenvalue weighted by Crippen LogP contribution is 2.37. The molecule has 30 heavy (non-hydrogen) atoms. The third-order valence-corrected chi connectivity index (χ3v) is 5.31. The molecule has 0 aliphatic carbocycles. The molecule has 0 spiro atoms. The van der Waals surface area contributed by atoms with Gasteiger partial charge >= 0.3 is 0 Å². The molecule has 1 aliphatic rings. The zero-order chi connectivity index (χ0) is 21.7. The Bertz CT molecular complexity index is 943. The third kappa shape index (κ3) is 4.99. The largest absolute Gasteiger partial charge is 0.493 e. The van der Waals surface area contributed by atoms with Crippen molar-refractivity contribution >= 4 is 40.7 Å². The Kier molecular flexibility index (Phi) is 7.45. The molecule has 0 unspecified atom stereocenters. The van der Waals surface area contributed by atoms with E-state index in [4.69, 9.17) is 32.7 Å². The predicted octanol–water partition coefficient (Wildman–Crippen LogP) is 5.28. The summed E-state index contributed by atoms with van der Waals surface area (Å²) in [7, 11) is 1.48. The van der Waals surface area contributed by atoms with Crippen LogP contribution in [0.5, 0.6) is 11.5 Å². The van der Waals surface area contributed by atoms with Gasteiger partial charge in [-0.3, -0.25) is 9.59 Å². The molecule has 0 atom stereocenters. The van der Waals surface area contributed by atoms with Gasteiger partial charge in [0.05, 0.1) is 30.0 Å². The second kappa shape index (κ2) is 10.0. The topological polar surface area (TPSA) is 67.9 Å². The Morgan fingerprint density at radius 2 is 1.87 bits per heavy atom. The average molecular weight is 451 g/mol. The zero-order valence-corrected chi connectivity index (χ0v) is 18.5. The molecule has 1 saturated heterocycles. The molecule has 2 amide bonds. The van der Waals surface area contributed by atoms with Crippen LogP contribution in [0, 0.1) is 0 Å². The number of carbonyl (C=O) groups excluding carboxylic acids is 2. The van der Waals surface area contributed by atoms with Crippen molar-refractivity contribution in [1.82, 2.24) is 4.90 Å². The van der Waals surface area contributed by atoms with Gasteiger partial charge < -0.3 is 19.7 Å². The molecule has 2 aromatic rings. The summed E-state index contributed by atoms with van der Waals surface area (Å²) in [6.45, 7) is 3.86. The smallest absolute Gasteiger partial charge is 0.256 e. The molecule has 0 aromatic heterocycles. The first-order chi connectivity index (χ1) is 14.4. The van der Waals surface area contributed by atoms with Crippen LogP contribution in [0.4, 0.5) is 5.69 Å². The van der Waals surface area contributed by atoms with Gasteiger partial charge in [0.1, 0.15) is 0 Å². The Morgan fingerprint density at radius 1 is 1.13 bits per heavy atom. The number of halogens is 2. The highest BCUT2D eigenvalue weighted by Gasteiger charge is 2.24. The summed E-state index contributed by atoms with van der Waals surface area (Å²) < 4.78 is 11.0. The standard InChI is InChI=1S/C22H24Cl2N2O4/c1-3-10-30-20-17(24)11-14(12-19(20)29-2)21(27)25-18-7-6-15(23)13-16(18)22(28)26-8-4-5-9-26/h6-7,11-13H,3-5,8-10H2,1-2H3,(H,25,27). The summed E-state index contributed by atoms with van der Waals surface area (Å²) in [5.74, 6) is 0.193. The molecular weight excluding hydrogens is 427 g/mol. The van der Waals surface area contributed by atoms with Gasteiger partial charge in [-0.2, -0.15) is 0 Å². The van der Waals surface area contributed by atoms with E-state index in [9.17, 15) is 9.59 Å². The number of likely N-dealkylation sites (tertiary alicyclic amines) is 1. The summed E-state index contributed by atoms with van der Waals surface area (Å²) >= 11 is 12.4. The van der Waals surface area contributed by atoms with Gasteiger partial charge in [-0.25, -0.2) is 0 Å². The van der Waals surface area contributed by atoms with E-state index in [1.54, 1.807) is 29.2 Å². The number of benzene rings is 2. The van der Waals surface area contributed by atoms with Crippen molar-refractivity contribution in [1.29, 1.82) is 0 Å². The lowest BCUT2D eigenvalue weighted by atomic mass is 10.1. The summed E-state index contributed by atoms with van der Waals surface area (Å²) in [6.07, 6.45) is 2.75. The summed E-state index contributed by atoms with van der Waals surface area (Å²) in [6, 6.07) is 7.91. The monoisotopic (exact) mass is 450 g/mol. The van der Waals surface area contributed by atoms with Crippen LogP contribution in [0.25, 0.3) is 0 Å². The third-order valence-electron chi connectivity index (χ3n) is 4.80. The minimum Gasteiger partial charge on any atom is -0.493 e. The second-order valence-corrected chi connectivity index (χ2v) is 7.82. The highest BCUT2D eigenvalue weighted by molar-refractivity contribution is 6.33. The first kappa shape index (κ1) is 22.2. The van der Waals surface area contributed by atoms with E-state index in [1.807, 2.05) is 6.92 Å². The lowest BCUT2D eigenvalue weighted by molar-refractivity contribution is 0.0794. The van der Waals surface area contributed by atoms with Crippen LogP contribution in [-0.2, 0) is 0 Å². The lowest BCUT2D eigenvalue weighted by Crippen LogP contribution is -2.29. The maximum absolute atomic E-state index is 12.9. The number of rotatable bonds is 7. The second-order valence-electron chi connectivity index (χ2n) is 6.98. The van der Waals surface area contributed by atoms with Crippen molar-refractivity contribution in [2.45, 2.75) is 26.2 Å². The predicted molar refractivity (Wildman–Crippen MR) is 118 cm³/mol. The van der Waals surface area contributed by atoms with Crippen LogP contribution >= 0.6 is 23.2 Å². The molecule has 2 aromatic carbocycles. The Hall–Kier alpha value is -2.44. The first-order valence-corrected chi connectivity index (χ1v) is 10.6. The van der Waals surface area contributed by atoms with Crippen LogP contribution in [-0.4, -0.2) is 43.5 Å². The van der Waals surface area contributed by atoms with E-state index in [2.05, 4.69) is 5.32 Å². The Labute approximate surface area is 186 Å². The molecule has 0 saturated carbocycles. The fourth-order valence-corrected chi connectivity index (χ4v) is 3.72. The number of methoxy groups -OCH3 is 1. The van der Waals surface area contributed by atoms with Crippen LogP contribution in [0.1, 0.15) is 46.9 Å². The van der Waals surface area contributed by atoms with Gasteiger partial charge in [0, 0.05) is 23.7 Å². The molecule has 3 rings (SSSR count). The Balaban J connectivity index is 1.87. The van der Waals surface area contributed by atoms with Crippen LogP contribution in [0.15, 0.2) is 30.3 Å². The number of hydrogen-bond acceptors (Lipinski definition) is 4. The number of ether oxygens (including phenoxy) is 2. The molecular formula is C22H24Cl2N2O4. The number of hydrogen-bond donors (Lipinski definition) is 1. The van der Waals surface area contributed by atoms with E-state index in [0.717, 1.165) is 19.3 Å². The minimum absolute atomic E-state index is 0.149. The molecule has 0 radical (unpaired) electrons. The van der Waals surface area contributed by atoms with Gasteiger partial charge in [-0.1, -0.05) is 30.1 Å². The van der Waals surface area contributed by atoms with Gasteiger partial charge in [-0.15, -0.1) is 0 Å². The van der Waals surface area contributed by atoms with Gasteiger partial charge in [0.2, 0.25) is 0 Å². The zero-order valence-electron chi connectivity index (χ0n) is 17.0. The quantitative estimate of drug-likeness (QED) is 0.622. The van der Waals surface area contributed by atoms with Crippen molar-refractivity contribution in [3.63, 3.8) is 0 Å². The van der Waals surface area contributed by atoms with Gasteiger partial charge in [0.25, 0.3) is 11.8 Å². The van der Waals surface area contributed by atoms with Gasteiger partial charge in [0.15, 0.2) is 11.5 Å². The van der Waals surface area contributed by atoms with Crippen molar-refractivity contribution in [3.05, 3.63) is 51.5 Å². The van der Waals surface area contributed by atoms with Crippen molar-refractivity contribution in [2.24, 2.45) is 0 Å². The van der Waals surface area contributed by atoms with Crippen LogP contribution < -0.4 is 14.8 Å². The number of nitrogens with one attached hydrogen (secondary N) is 1. The molecule has 1 aliphatic heterocycles. The van der Waals surface area contributed by atoms with E-state index >= 15 is 0 Å². The first-order valence-electron chi connectivity index (χ1n) is 9.85. The summed E-state index contributed by atoms with van der Waals surface area (Å²) in [4.78, 5) is 27.6. The van der Waals surface area contributed by atoms with Crippen LogP contribution in [0.3, 0.4) is 0 Å². The van der Waals surface area contributed by atoms with Crippen molar-refractivity contribution in [3.8, 4) is 11.5 Å². The fraction of sp³-hybridized carbons (Fsp3) is 0.364. The van der Waals surface area contributed by atoms with Gasteiger partial charge in [-0.05, 0) is 49.6 Å². The number of nitrogens with zero attached hydrogens (tertiary/aromatic N) is 1. The molecule has 6 nitrogen and oxygen atoms in total. The summed E-state index contributed by atoms with van der Waals surface area (Å²) in [5.41, 5.74) is 1.04. The number of amides is 2. The van der Waals surface area contributed by atoms with E-state index in [-0.39, 0.29) is 16.5 Å². The van der Waals surface area contributed by atoms with Crippen LogP contribution in [0.2, 0.25) is 10.0 Å². The van der Waals surface area contributed by atoms with Crippen molar-refractivity contribution < 1.29 is 19.1 Å². The highest BCUT2D eigenvalue weighted by atomic mass is 35.5. The number of carbonyl (C=O) groups is 2. The molecule has 8 heteroatoms. The van der Waals surface area contributed by atoms with E-state index < -0.39 is 5.91 Å². The minimum atomic E-state index is -0.421. The molecule has 1 N–H and O–H groups in total. The maximum atomic E-state index is 12.9. The Morgan fingerprint density at radius 3 is 2.53 bits per heavy atom. The fourth-order valence-electron chi connectivity index (χ4n) is 3.28. The number of anilines is 1. The molecule has 160 valence electrons. The lowest BCUT2D eigenvalue weighted by Gasteiger charge is -2.18. The van der Waals surface area contributed by atoms with E-state index in [1.165, 1.54) is 13.2 Å². The SMILES string of the molecule is CCCOc1c(Cl)cc(C(=O)Nc2ccc(Cl)cc2C(=O)N2CCCC2)cc1OC. The molecule has 0 bridgehead atoms. The average Bonchev–Trinajstić information content (AvgIpc) is 3.28. The molecule has 1 fully saturated rings. The molecule has 1 heterocycles. The normalized spacial score (nSPS) is 13.3. The van der Waals surface area contributed by atoms with Crippen molar-refractivity contribution in [2.75, 3.05) is 32.1 Å².